The normalized spacial score (nSPS) is 29.7. The summed E-state index contributed by atoms with van der Waals surface area (Å²) in [7, 11) is -2.79. The molecule has 1 heterocycles. The second-order valence-electron chi connectivity index (χ2n) is 5.94. The molecule has 1 saturated carbocycles. The first-order valence-corrected chi connectivity index (χ1v) is 9.02. The van der Waals surface area contributed by atoms with E-state index in [4.69, 9.17) is 0 Å². The van der Waals surface area contributed by atoms with Crippen molar-refractivity contribution in [1.82, 2.24) is 10.6 Å². The van der Waals surface area contributed by atoms with Gasteiger partial charge in [-0.15, -0.1) is 0 Å². The lowest BCUT2D eigenvalue weighted by Crippen LogP contribution is -2.47. The van der Waals surface area contributed by atoms with Crippen molar-refractivity contribution in [2.75, 3.05) is 31.1 Å². The van der Waals surface area contributed by atoms with Gasteiger partial charge in [0.15, 0.2) is 9.84 Å². The summed E-state index contributed by atoms with van der Waals surface area (Å²) in [5.41, 5.74) is 0.548. The van der Waals surface area contributed by atoms with Gasteiger partial charge in [0, 0.05) is 19.1 Å². The van der Waals surface area contributed by atoms with Gasteiger partial charge in [0.1, 0.15) is 0 Å². The molecule has 1 atom stereocenters. The van der Waals surface area contributed by atoms with E-state index < -0.39 is 9.84 Å². The van der Waals surface area contributed by atoms with Gasteiger partial charge in [-0.25, -0.2) is 8.42 Å². The quantitative estimate of drug-likeness (QED) is 0.708. The first-order chi connectivity index (χ1) is 8.55. The molecule has 1 aliphatic carbocycles. The smallest absolute Gasteiger partial charge is 0.153 e. The van der Waals surface area contributed by atoms with Crippen molar-refractivity contribution >= 4 is 9.84 Å². The molecule has 18 heavy (non-hydrogen) atoms. The molecule has 2 fully saturated rings. The van der Waals surface area contributed by atoms with Crippen LogP contribution < -0.4 is 10.6 Å². The summed E-state index contributed by atoms with van der Waals surface area (Å²) in [6.07, 6.45) is 6.26. The number of sulfone groups is 1. The van der Waals surface area contributed by atoms with Gasteiger partial charge in [-0.3, -0.25) is 0 Å². The lowest BCUT2D eigenvalue weighted by Gasteiger charge is -2.41. The minimum absolute atomic E-state index is 0.148. The third-order valence-electron chi connectivity index (χ3n) is 4.63. The Morgan fingerprint density at radius 1 is 1.39 bits per heavy atom. The third kappa shape index (κ3) is 3.68. The van der Waals surface area contributed by atoms with Crippen LogP contribution in [0.15, 0.2) is 0 Å². The van der Waals surface area contributed by atoms with Crippen molar-refractivity contribution in [2.24, 2.45) is 5.41 Å². The standard InChI is InChI=1S/C13H26N2O2S/c1-2-13(5-3-6-13)11-14-7-4-12-10-18(16,17)9-8-15-12/h12,14-15H,2-11H2,1H3. The molecule has 0 aromatic rings. The van der Waals surface area contributed by atoms with Crippen LogP contribution in [0.25, 0.3) is 0 Å². The Hall–Kier alpha value is -0.130. The fourth-order valence-corrected chi connectivity index (χ4v) is 4.51. The summed E-state index contributed by atoms with van der Waals surface area (Å²) in [4.78, 5) is 0. The van der Waals surface area contributed by atoms with Crippen molar-refractivity contribution in [3.05, 3.63) is 0 Å². The molecular weight excluding hydrogens is 248 g/mol. The van der Waals surface area contributed by atoms with E-state index in [-0.39, 0.29) is 6.04 Å². The maximum Gasteiger partial charge on any atom is 0.153 e. The molecule has 2 N–H and O–H groups in total. The summed E-state index contributed by atoms with van der Waals surface area (Å²) in [6, 6.07) is 0.148. The van der Waals surface area contributed by atoms with Gasteiger partial charge in [-0.1, -0.05) is 13.3 Å². The van der Waals surface area contributed by atoms with E-state index >= 15 is 0 Å². The summed E-state index contributed by atoms with van der Waals surface area (Å²) < 4.78 is 23.0. The van der Waals surface area contributed by atoms with E-state index in [1.54, 1.807) is 0 Å². The molecule has 0 amide bonds. The van der Waals surface area contributed by atoms with E-state index in [1.165, 1.54) is 25.7 Å². The molecule has 0 aromatic carbocycles. The molecule has 2 aliphatic rings. The second-order valence-corrected chi connectivity index (χ2v) is 8.17. The van der Waals surface area contributed by atoms with Gasteiger partial charge < -0.3 is 10.6 Å². The van der Waals surface area contributed by atoms with Gasteiger partial charge in [-0.05, 0) is 37.6 Å². The van der Waals surface area contributed by atoms with Gasteiger partial charge in [-0.2, -0.15) is 0 Å². The Balaban J connectivity index is 1.63. The highest BCUT2D eigenvalue weighted by Gasteiger charge is 2.34. The highest BCUT2D eigenvalue weighted by Crippen LogP contribution is 2.42. The summed E-state index contributed by atoms with van der Waals surface area (Å²) in [5.74, 6) is 0.615. The Kier molecular flexibility index (Phi) is 4.67. The lowest BCUT2D eigenvalue weighted by molar-refractivity contribution is 0.124. The van der Waals surface area contributed by atoms with Crippen molar-refractivity contribution in [2.45, 2.75) is 45.1 Å². The van der Waals surface area contributed by atoms with Crippen LogP contribution in [0, 0.1) is 5.41 Å². The minimum Gasteiger partial charge on any atom is -0.316 e. The Bertz CT molecular complexity index is 358. The Morgan fingerprint density at radius 3 is 2.72 bits per heavy atom. The van der Waals surface area contributed by atoms with Gasteiger partial charge in [0.05, 0.1) is 11.5 Å². The summed E-state index contributed by atoms with van der Waals surface area (Å²) in [5, 5.41) is 6.81. The molecule has 0 spiro atoms. The zero-order valence-electron chi connectivity index (χ0n) is 11.4. The molecule has 0 bridgehead atoms. The summed E-state index contributed by atoms with van der Waals surface area (Å²) >= 11 is 0. The van der Waals surface area contributed by atoms with Crippen LogP contribution in [0.4, 0.5) is 0 Å². The molecule has 0 aromatic heterocycles. The van der Waals surface area contributed by atoms with E-state index in [9.17, 15) is 8.42 Å². The topological polar surface area (TPSA) is 58.2 Å². The monoisotopic (exact) mass is 274 g/mol. The Labute approximate surface area is 111 Å². The third-order valence-corrected chi connectivity index (χ3v) is 6.37. The molecule has 5 heteroatoms. The number of rotatable bonds is 6. The van der Waals surface area contributed by atoms with Crippen LogP contribution >= 0.6 is 0 Å². The van der Waals surface area contributed by atoms with Crippen molar-refractivity contribution < 1.29 is 8.42 Å². The van der Waals surface area contributed by atoms with Gasteiger partial charge >= 0.3 is 0 Å². The van der Waals surface area contributed by atoms with Crippen LogP contribution in [0.3, 0.4) is 0 Å². The SMILES string of the molecule is CCC1(CNCCC2CS(=O)(=O)CCN2)CCC1. The highest BCUT2D eigenvalue weighted by atomic mass is 32.2. The molecule has 2 rings (SSSR count). The number of hydrogen-bond acceptors (Lipinski definition) is 4. The maximum absolute atomic E-state index is 11.5. The fourth-order valence-electron chi connectivity index (χ4n) is 3.01. The zero-order chi connectivity index (χ0) is 13.1. The van der Waals surface area contributed by atoms with Crippen LogP contribution in [-0.2, 0) is 9.84 Å². The lowest BCUT2D eigenvalue weighted by atomic mass is 9.67. The number of hydrogen-bond donors (Lipinski definition) is 2. The van der Waals surface area contributed by atoms with E-state index in [0.29, 0.717) is 23.5 Å². The van der Waals surface area contributed by atoms with Crippen molar-refractivity contribution in [3.8, 4) is 0 Å². The Morgan fingerprint density at radius 2 is 2.17 bits per heavy atom. The second kappa shape index (κ2) is 5.88. The first-order valence-electron chi connectivity index (χ1n) is 7.20. The van der Waals surface area contributed by atoms with Crippen molar-refractivity contribution in [3.63, 3.8) is 0 Å². The van der Waals surface area contributed by atoms with Crippen LogP contribution in [0.2, 0.25) is 0 Å². The molecule has 1 unspecified atom stereocenters. The molecule has 4 nitrogen and oxygen atoms in total. The van der Waals surface area contributed by atoms with E-state index in [2.05, 4.69) is 17.6 Å². The number of nitrogens with one attached hydrogen (secondary N) is 2. The maximum atomic E-state index is 11.5. The van der Waals surface area contributed by atoms with E-state index in [0.717, 1.165) is 19.5 Å². The average Bonchev–Trinajstić information content (AvgIpc) is 2.26. The van der Waals surface area contributed by atoms with Gasteiger partial charge in [0.2, 0.25) is 0 Å². The predicted octanol–water partition coefficient (Wildman–Crippen LogP) is 0.933. The molecule has 106 valence electrons. The summed E-state index contributed by atoms with van der Waals surface area (Å²) in [6.45, 7) is 4.92. The molecule has 1 saturated heterocycles. The molecular formula is C13H26N2O2S. The fraction of sp³-hybridized carbons (Fsp3) is 1.00. The zero-order valence-corrected chi connectivity index (χ0v) is 12.2. The molecule has 1 aliphatic heterocycles. The van der Waals surface area contributed by atoms with Crippen LogP contribution in [-0.4, -0.2) is 45.6 Å². The molecule has 0 radical (unpaired) electrons. The van der Waals surface area contributed by atoms with Crippen LogP contribution in [0.5, 0.6) is 0 Å². The van der Waals surface area contributed by atoms with Crippen molar-refractivity contribution in [1.29, 1.82) is 0 Å². The van der Waals surface area contributed by atoms with Crippen LogP contribution in [0.1, 0.15) is 39.0 Å². The minimum atomic E-state index is -2.79. The van der Waals surface area contributed by atoms with Gasteiger partial charge in [0.25, 0.3) is 0 Å². The predicted molar refractivity (Wildman–Crippen MR) is 74.5 cm³/mol. The van der Waals surface area contributed by atoms with E-state index in [1.807, 2.05) is 0 Å². The average molecular weight is 274 g/mol. The highest BCUT2D eigenvalue weighted by molar-refractivity contribution is 7.91. The largest absolute Gasteiger partial charge is 0.316 e. The first kappa shape index (κ1) is 14.3.